The Balaban J connectivity index is 2.80. The van der Waals surface area contributed by atoms with E-state index in [9.17, 15) is 0 Å². The fourth-order valence-electron chi connectivity index (χ4n) is 1.30. The van der Waals surface area contributed by atoms with Crippen LogP contribution in [0.25, 0.3) is 0 Å². The Morgan fingerprint density at radius 1 is 1.38 bits per heavy atom. The lowest BCUT2D eigenvalue weighted by molar-refractivity contribution is 0.678. The van der Waals surface area contributed by atoms with Gasteiger partial charge in [-0.1, -0.05) is 0 Å². The maximum absolute atomic E-state index is 8.75. The molecule has 82 valence electrons. The van der Waals surface area contributed by atoms with Crippen molar-refractivity contribution in [3.63, 3.8) is 0 Å². The summed E-state index contributed by atoms with van der Waals surface area (Å²) in [5, 5.41) is 17.4. The maximum Gasteiger partial charge on any atom is 0.158 e. The van der Waals surface area contributed by atoms with E-state index in [1.54, 1.807) is 6.20 Å². The van der Waals surface area contributed by atoms with Gasteiger partial charge in [0.15, 0.2) is 5.69 Å². The molecule has 0 aliphatic carbocycles. The molecule has 1 aromatic heterocycles. The van der Waals surface area contributed by atoms with Crippen molar-refractivity contribution in [2.24, 2.45) is 5.92 Å². The number of aromatic nitrogens is 2. The highest BCUT2D eigenvalue weighted by molar-refractivity contribution is 5.37. The van der Waals surface area contributed by atoms with Crippen molar-refractivity contribution in [1.29, 1.82) is 10.5 Å². The fourth-order valence-corrected chi connectivity index (χ4v) is 1.30. The summed E-state index contributed by atoms with van der Waals surface area (Å²) in [4.78, 5) is 10.1. The van der Waals surface area contributed by atoms with Gasteiger partial charge >= 0.3 is 0 Å². The first-order valence-electron chi connectivity index (χ1n) is 5.08. The molecule has 16 heavy (non-hydrogen) atoms. The lowest BCUT2D eigenvalue weighted by Gasteiger charge is -2.22. The maximum atomic E-state index is 8.75. The van der Waals surface area contributed by atoms with E-state index in [0.29, 0.717) is 18.1 Å². The van der Waals surface area contributed by atoms with Crippen LogP contribution in [0.4, 0.5) is 5.82 Å². The summed E-state index contributed by atoms with van der Waals surface area (Å²) in [7, 11) is 0. The molecule has 1 atom stereocenters. The van der Waals surface area contributed by atoms with Crippen LogP contribution in [0, 0.1) is 28.6 Å². The molecule has 0 bridgehead atoms. The third-order valence-corrected chi connectivity index (χ3v) is 2.17. The molecule has 0 N–H and O–H groups in total. The number of nitrogens with zero attached hydrogens (tertiary/aromatic N) is 5. The topological polar surface area (TPSA) is 76.6 Å². The summed E-state index contributed by atoms with van der Waals surface area (Å²) < 4.78 is 0. The van der Waals surface area contributed by atoms with E-state index in [2.05, 4.69) is 16.0 Å². The van der Waals surface area contributed by atoms with E-state index >= 15 is 0 Å². The van der Waals surface area contributed by atoms with Crippen molar-refractivity contribution in [3.8, 4) is 12.1 Å². The average Bonchev–Trinajstić information content (AvgIpc) is 2.35. The standard InChI is InChI=1S/C11H13N5/c1-3-16(8-9(2)4-12)11-7-14-10(5-13)6-15-11/h6-7,9H,3,8H2,1-2H3. The number of hydrogen-bond donors (Lipinski definition) is 0. The Bertz CT molecular complexity index is 411. The molecule has 0 saturated carbocycles. The molecule has 5 heteroatoms. The van der Waals surface area contributed by atoms with E-state index in [1.807, 2.05) is 24.8 Å². The second-order valence-corrected chi connectivity index (χ2v) is 3.44. The Kier molecular flexibility index (Phi) is 4.23. The number of hydrogen-bond acceptors (Lipinski definition) is 5. The SMILES string of the molecule is CCN(CC(C)C#N)c1cnc(C#N)cn1. The van der Waals surface area contributed by atoms with E-state index in [4.69, 9.17) is 10.5 Å². The first-order chi connectivity index (χ1) is 7.71. The Morgan fingerprint density at radius 2 is 2.12 bits per heavy atom. The molecule has 0 saturated heterocycles. The summed E-state index contributed by atoms with van der Waals surface area (Å²) >= 11 is 0. The molecular weight excluding hydrogens is 202 g/mol. The number of anilines is 1. The molecule has 1 rings (SSSR count). The monoisotopic (exact) mass is 215 g/mol. The molecular formula is C11H13N5. The summed E-state index contributed by atoms with van der Waals surface area (Å²) in [6, 6.07) is 4.10. The van der Waals surface area contributed by atoms with Crippen LogP contribution in [-0.2, 0) is 0 Å². The van der Waals surface area contributed by atoms with Gasteiger partial charge in [-0.2, -0.15) is 10.5 Å². The van der Waals surface area contributed by atoms with E-state index < -0.39 is 0 Å². The van der Waals surface area contributed by atoms with Crippen LogP contribution in [0.5, 0.6) is 0 Å². The fraction of sp³-hybridized carbons (Fsp3) is 0.455. The van der Waals surface area contributed by atoms with Gasteiger partial charge < -0.3 is 4.90 Å². The minimum atomic E-state index is -0.0580. The predicted molar refractivity (Wildman–Crippen MR) is 59.4 cm³/mol. The zero-order chi connectivity index (χ0) is 12.0. The van der Waals surface area contributed by atoms with Crippen LogP contribution in [-0.4, -0.2) is 23.1 Å². The third kappa shape index (κ3) is 2.93. The van der Waals surface area contributed by atoms with E-state index in [1.165, 1.54) is 6.20 Å². The Labute approximate surface area is 95.0 Å². The number of nitriles is 2. The summed E-state index contributed by atoms with van der Waals surface area (Å²) in [6.45, 7) is 5.23. The molecule has 5 nitrogen and oxygen atoms in total. The van der Waals surface area contributed by atoms with Gasteiger partial charge in [-0.05, 0) is 13.8 Å². The Hall–Kier alpha value is -2.14. The van der Waals surface area contributed by atoms with Crippen molar-refractivity contribution >= 4 is 5.82 Å². The van der Waals surface area contributed by atoms with Gasteiger partial charge in [0.1, 0.15) is 11.9 Å². The zero-order valence-electron chi connectivity index (χ0n) is 9.38. The average molecular weight is 215 g/mol. The van der Waals surface area contributed by atoms with Crippen LogP contribution in [0.15, 0.2) is 12.4 Å². The molecule has 0 aliphatic heterocycles. The quantitative estimate of drug-likeness (QED) is 0.757. The van der Waals surface area contributed by atoms with Gasteiger partial charge in [-0.15, -0.1) is 0 Å². The highest BCUT2D eigenvalue weighted by atomic mass is 15.2. The second kappa shape index (κ2) is 5.67. The number of rotatable bonds is 4. The van der Waals surface area contributed by atoms with E-state index in [-0.39, 0.29) is 5.92 Å². The highest BCUT2D eigenvalue weighted by Crippen LogP contribution is 2.10. The van der Waals surface area contributed by atoms with E-state index in [0.717, 1.165) is 6.54 Å². The smallest absolute Gasteiger partial charge is 0.158 e. The zero-order valence-corrected chi connectivity index (χ0v) is 9.38. The van der Waals surface area contributed by atoms with Crippen molar-refractivity contribution in [2.45, 2.75) is 13.8 Å². The lowest BCUT2D eigenvalue weighted by atomic mass is 10.2. The normalized spacial score (nSPS) is 11.2. The van der Waals surface area contributed by atoms with Crippen LogP contribution in [0.1, 0.15) is 19.5 Å². The first-order valence-corrected chi connectivity index (χ1v) is 5.08. The third-order valence-electron chi connectivity index (χ3n) is 2.17. The molecule has 0 radical (unpaired) electrons. The van der Waals surface area contributed by atoms with Crippen molar-refractivity contribution in [2.75, 3.05) is 18.0 Å². The van der Waals surface area contributed by atoms with Crippen LogP contribution < -0.4 is 4.90 Å². The van der Waals surface area contributed by atoms with Crippen LogP contribution in [0.3, 0.4) is 0 Å². The molecule has 0 aliphatic rings. The molecule has 0 spiro atoms. The summed E-state index contributed by atoms with van der Waals surface area (Å²) in [6.07, 6.45) is 3.00. The Morgan fingerprint density at radius 3 is 2.56 bits per heavy atom. The van der Waals surface area contributed by atoms with Crippen molar-refractivity contribution < 1.29 is 0 Å². The molecule has 0 aromatic carbocycles. The largest absolute Gasteiger partial charge is 0.354 e. The summed E-state index contributed by atoms with van der Waals surface area (Å²) in [5.41, 5.74) is 0.299. The minimum absolute atomic E-state index is 0.0580. The minimum Gasteiger partial charge on any atom is -0.354 e. The van der Waals surface area contributed by atoms with Gasteiger partial charge in [0.05, 0.1) is 24.4 Å². The van der Waals surface area contributed by atoms with Gasteiger partial charge in [-0.25, -0.2) is 9.97 Å². The highest BCUT2D eigenvalue weighted by Gasteiger charge is 2.10. The first kappa shape index (κ1) is 11.9. The van der Waals surface area contributed by atoms with Gasteiger partial charge in [0, 0.05) is 13.1 Å². The van der Waals surface area contributed by atoms with Gasteiger partial charge in [0.2, 0.25) is 0 Å². The van der Waals surface area contributed by atoms with Crippen LogP contribution in [0.2, 0.25) is 0 Å². The summed E-state index contributed by atoms with van der Waals surface area (Å²) in [5.74, 6) is 0.640. The molecule has 1 heterocycles. The molecule has 1 aromatic rings. The van der Waals surface area contributed by atoms with Crippen LogP contribution >= 0.6 is 0 Å². The van der Waals surface area contributed by atoms with Gasteiger partial charge in [-0.3, -0.25) is 0 Å². The van der Waals surface area contributed by atoms with Gasteiger partial charge in [0.25, 0.3) is 0 Å². The molecule has 1 unspecified atom stereocenters. The predicted octanol–water partition coefficient (Wildman–Crippen LogP) is 1.33. The van der Waals surface area contributed by atoms with Crippen molar-refractivity contribution in [1.82, 2.24) is 9.97 Å². The van der Waals surface area contributed by atoms with Crippen molar-refractivity contribution in [3.05, 3.63) is 18.1 Å². The lowest BCUT2D eigenvalue weighted by Crippen LogP contribution is -2.28. The second-order valence-electron chi connectivity index (χ2n) is 3.44. The molecule has 0 fully saturated rings. The molecule has 0 amide bonds.